The number of hydrogen-bond acceptors (Lipinski definition) is 7. The molecular weight excluding hydrogens is 565 g/mol. The summed E-state index contributed by atoms with van der Waals surface area (Å²) in [5.74, 6) is -2.38. The second-order valence-corrected chi connectivity index (χ2v) is 11.5. The topological polar surface area (TPSA) is 165 Å². The maximum Gasteiger partial charge on any atom is 0.490 e. The number of nitrogens with zero attached hydrogens (tertiary/aromatic N) is 3. The summed E-state index contributed by atoms with van der Waals surface area (Å²) in [5.41, 5.74) is 10.2. The number of allylic oxidation sites excluding steroid dienone is 2. The molecule has 43 heavy (non-hydrogen) atoms. The molecule has 0 radical (unpaired) electrons. The third-order valence-corrected chi connectivity index (χ3v) is 7.19. The number of aliphatic carboxylic acids is 1. The zero-order valence-corrected chi connectivity index (χ0v) is 24.3. The first-order chi connectivity index (χ1) is 20.2. The van der Waals surface area contributed by atoms with E-state index >= 15 is 0 Å². The van der Waals surface area contributed by atoms with Crippen LogP contribution >= 0.6 is 0 Å². The predicted octanol–water partition coefficient (Wildman–Crippen LogP) is 5.00. The number of carbonyl (C=O) groups excluding carboxylic acids is 2. The summed E-state index contributed by atoms with van der Waals surface area (Å²) in [6.45, 7) is 6.02. The summed E-state index contributed by atoms with van der Waals surface area (Å²) >= 11 is 0. The summed E-state index contributed by atoms with van der Waals surface area (Å²) < 4.78 is 31.7. The first kappa shape index (κ1) is 33.5. The number of ketones is 1. The molecule has 0 spiro atoms. The van der Waals surface area contributed by atoms with E-state index in [0.29, 0.717) is 18.9 Å². The van der Waals surface area contributed by atoms with Gasteiger partial charge in [-0.25, -0.2) is 9.78 Å². The van der Waals surface area contributed by atoms with Crippen molar-refractivity contribution in [1.29, 1.82) is 5.26 Å². The number of benzene rings is 1. The summed E-state index contributed by atoms with van der Waals surface area (Å²) in [5, 5.41) is 19.1. The zero-order chi connectivity index (χ0) is 31.8. The van der Waals surface area contributed by atoms with Gasteiger partial charge in [0.15, 0.2) is 5.82 Å². The van der Waals surface area contributed by atoms with Gasteiger partial charge in [-0.15, -0.1) is 0 Å². The highest BCUT2D eigenvalue weighted by molar-refractivity contribution is 6.03. The van der Waals surface area contributed by atoms with Gasteiger partial charge in [0.05, 0.1) is 12.7 Å². The fourth-order valence-corrected chi connectivity index (χ4v) is 5.19. The lowest BCUT2D eigenvalue weighted by atomic mass is 9.85. The van der Waals surface area contributed by atoms with Gasteiger partial charge in [-0.05, 0) is 94.6 Å². The van der Waals surface area contributed by atoms with E-state index in [0.717, 1.165) is 56.4 Å². The van der Waals surface area contributed by atoms with Crippen molar-refractivity contribution in [2.24, 2.45) is 5.73 Å². The highest BCUT2D eigenvalue weighted by atomic mass is 19.4. The van der Waals surface area contributed by atoms with E-state index in [1.165, 1.54) is 23.8 Å². The Labute approximate surface area is 248 Å². The Hall–Kier alpha value is -4.02. The molecule has 232 valence electrons. The lowest BCUT2D eigenvalue weighted by Crippen LogP contribution is -2.41. The van der Waals surface area contributed by atoms with Crippen LogP contribution in [0.15, 0.2) is 30.5 Å². The fraction of sp³-hybridized carbons (Fsp3) is 0.500. The SMILES string of the molecule is CC(C)(N)CC(=O)CN1CCC(c2ccc(NC(=O)c3ncc(C#N)[nH]3)c(C3=CCCCC3)c2)CC1.O=C(O)C(F)(F)F. The molecule has 1 saturated heterocycles. The van der Waals surface area contributed by atoms with Gasteiger partial charge in [-0.2, -0.15) is 18.4 Å². The van der Waals surface area contributed by atoms with E-state index in [1.807, 2.05) is 26.0 Å². The van der Waals surface area contributed by atoms with Gasteiger partial charge in [0.25, 0.3) is 5.91 Å². The summed E-state index contributed by atoms with van der Waals surface area (Å²) in [6, 6.07) is 8.29. The lowest BCUT2D eigenvalue weighted by Gasteiger charge is -2.32. The molecule has 1 aromatic heterocycles. The number of alkyl halides is 3. The average Bonchev–Trinajstić information content (AvgIpc) is 3.43. The van der Waals surface area contributed by atoms with Crippen molar-refractivity contribution in [2.45, 2.75) is 76.4 Å². The monoisotopic (exact) mass is 602 g/mol. The van der Waals surface area contributed by atoms with Crippen molar-refractivity contribution >= 4 is 28.9 Å². The molecule has 1 aromatic carbocycles. The highest BCUT2D eigenvalue weighted by Gasteiger charge is 2.38. The van der Waals surface area contributed by atoms with Gasteiger partial charge in [0.2, 0.25) is 0 Å². The Bertz CT molecular complexity index is 1380. The normalized spacial score (nSPS) is 16.3. The van der Waals surface area contributed by atoms with Gasteiger partial charge in [-0.3, -0.25) is 14.5 Å². The molecule has 1 aliphatic carbocycles. The highest BCUT2D eigenvalue weighted by Crippen LogP contribution is 2.36. The molecule has 2 aromatic rings. The number of piperidine rings is 1. The molecule has 1 amide bonds. The Morgan fingerprint density at radius 2 is 1.88 bits per heavy atom. The second-order valence-electron chi connectivity index (χ2n) is 11.5. The van der Waals surface area contributed by atoms with Crippen molar-refractivity contribution in [3.63, 3.8) is 0 Å². The van der Waals surface area contributed by atoms with E-state index < -0.39 is 17.7 Å². The number of hydrogen-bond donors (Lipinski definition) is 4. The van der Waals surface area contributed by atoms with Crippen LogP contribution in [-0.2, 0) is 9.59 Å². The third-order valence-electron chi connectivity index (χ3n) is 7.19. The Morgan fingerprint density at radius 1 is 1.21 bits per heavy atom. The van der Waals surface area contributed by atoms with E-state index in [1.54, 1.807) is 0 Å². The van der Waals surface area contributed by atoms with Gasteiger partial charge in [-0.1, -0.05) is 12.1 Å². The molecule has 10 nitrogen and oxygen atoms in total. The number of H-pyrrole nitrogens is 1. The van der Waals surface area contributed by atoms with E-state index in [-0.39, 0.29) is 23.2 Å². The molecule has 0 unspecified atom stereocenters. The summed E-state index contributed by atoms with van der Waals surface area (Å²) in [6.07, 6.45) is 5.30. The van der Waals surface area contributed by atoms with Crippen LogP contribution in [0.4, 0.5) is 18.9 Å². The van der Waals surface area contributed by atoms with E-state index in [2.05, 4.69) is 38.4 Å². The maximum atomic E-state index is 12.8. The molecule has 1 aliphatic heterocycles. The van der Waals surface area contributed by atoms with Crippen LogP contribution in [0.1, 0.15) is 92.2 Å². The molecule has 0 bridgehead atoms. The molecular formula is C30H37F3N6O4. The van der Waals surface area contributed by atoms with E-state index in [4.69, 9.17) is 20.9 Å². The van der Waals surface area contributed by atoms with E-state index in [9.17, 15) is 22.8 Å². The van der Waals surface area contributed by atoms with Gasteiger partial charge < -0.3 is 21.1 Å². The van der Waals surface area contributed by atoms with Crippen LogP contribution in [0.5, 0.6) is 0 Å². The number of amides is 1. The quantitative estimate of drug-likeness (QED) is 0.328. The number of nitrogens with one attached hydrogen (secondary N) is 2. The smallest absolute Gasteiger partial charge is 0.475 e. The van der Waals surface area contributed by atoms with Crippen LogP contribution in [0, 0.1) is 11.3 Å². The Balaban J connectivity index is 0.000000646. The summed E-state index contributed by atoms with van der Waals surface area (Å²) in [4.78, 5) is 43.1. The minimum atomic E-state index is -5.08. The Morgan fingerprint density at radius 3 is 2.42 bits per heavy atom. The molecule has 4 rings (SSSR count). The number of carboxylic acids is 1. The zero-order valence-electron chi connectivity index (χ0n) is 24.3. The van der Waals surface area contributed by atoms with Gasteiger partial charge in [0.1, 0.15) is 17.5 Å². The third kappa shape index (κ3) is 10.3. The number of anilines is 1. The first-order valence-electron chi connectivity index (χ1n) is 14.1. The second kappa shape index (κ2) is 14.4. The van der Waals surface area contributed by atoms with Crippen LogP contribution < -0.4 is 11.1 Å². The summed E-state index contributed by atoms with van der Waals surface area (Å²) in [7, 11) is 0. The van der Waals surface area contributed by atoms with Crippen molar-refractivity contribution in [1.82, 2.24) is 14.9 Å². The molecule has 0 atom stereocenters. The molecule has 13 heteroatoms. The number of rotatable bonds is 8. The van der Waals surface area contributed by atoms with Crippen molar-refractivity contribution in [2.75, 3.05) is 25.0 Å². The molecule has 2 heterocycles. The number of carbonyl (C=O) groups is 3. The molecule has 0 saturated carbocycles. The average molecular weight is 603 g/mol. The fourth-order valence-electron chi connectivity index (χ4n) is 5.19. The predicted molar refractivity (Wildman–Crippen MR) is 154 cm³/mol. The molecule has 2 aliphatic rings. The molecule has 5 N–H and O–H groups in total. The number of likely N-dealkylation sites (tertiary alicyclic amines) is 1. The standard InChI is InChI=1S/C28H36N6O2.C2HF3O2/c1-28(2,30)15-23(35)18-34-12-10-19(11-13-34)21-8-9-25(24(14-21)20-6-4-3-5-7-20)33-27(36)26-31-17-22(16-29)32-26;3-2(4,5)1(6)7/h6,8-9,14,17,19H,3-5,7,10-13,15,18,30H2,1-2H3,(H,31,32)(H,33,36);(H,6,7). The van der Waals surface area contributed by atoms with Gasteiger partial charge >= 0.3 is 12.1 Å². The number of carboxylic acid groups (broad SMARTS) is 1. The minimum absolute atomic E-state index is 0.124. The number of imidazole rings is 1. The number of nitriles is 1. The number of aromatic nitrogens is 2. The largest absolute Gasteiger partial charge is 0.490 e. The lowest BCUT2D eigenvalue weighted by molar-refractivity contribution is -0.192. The van der Waals surface area contributed by atoms with Crippen LogP contribution in [-0.4, -0.2) is 69.0 Å². The van der Waals surface area contributed by atoms with Crippen LogP contribution in [0.25, 0.3) is 5.57 Å². The molecule has 1 fully saturated rings. The number of halogens is 3. The maximum absolute atomic E-state index is 12.8. The first-order valence-corrected chi connectivity index (χ1v) is 14.1. The van der Waals surface area contributed by atoms with Crippen molar-refractivity contribution in [3.8, 4) is 6.07 Å². The van der Waals surface area contributed by atoms with Crippen molar-refractivity contribution < 1.29 is 32.7 Å². The van der Waals surface area contributed by atoms with Crippen molar-refractivity contribution in [3.05, 3.63) is 53.1 Å². The van der Waals surface area contributed by atoms with Gasteiger partial charge in [0, 0.05) is 23.2 Å². The number of nitrogens with two attached hydrogens (primary N) is 1. The number of Topliss-reactive ketones (excluding diaryl/α,β-unsaturated/α-hetero) is 1. The van der Waals surface area contributed by atoms with Crippen LogP contribution in [0.3, 0.4) is 0 Å². The Kier molecular flexibility index (Phi) is 11.2. The van der Waals surface area contributed by atoms with Crippen LogP contribution in [0.2, 0.25) is 0 Å². The number of aromatic amines is 1. The minimum Gasteiger partial charge on any atom is -0.475 e.